The van der Waals surface area contributed by atoms with Gasteiger partial charge in [-0.3, -0.25) is 10.1 Å². The van der Waals surface area contributed by atoms with Crippen LogP contribution in [0, 0.1) is 10.1 Å². The molecule has 0 radical (unpaired) electrons. The molecule has 0 amide bonds. The summed E-state index contributed by atoms with van der Waals surface area (Å²) in [6, 6.07) is 4.26. The highest BCUT2D eigenvalue weighted by Gasteiger charge is 2.17. The predicted octanol–water partition coefficient (Wildman–Crippen LogP) is 2.17. The van der Waals surface area contributed by atoms with Gasteiger partial charge in [-0.15, -0.1) is 0 Å². The number of hydrogen-bond acceptors (Lipinski definition) is 7. The molecule has 0 unspecified atom stereocenters. The Labute approximate surface area is 120 Å². The van der Waals surface area contributed by atoms with Crippen molar-refractivity contribution in [1.29, 1.82) is 0 Å². The molecule has 1 heterocycles. The first-order valence-electron chi connectivity index (χ1n) is 6.34. The molecule has 0 spiro atoms. The van der Waals surface area contributed by atoms with Crippen LogP contribution < -0.4 is 4.74 Å². The second-order valence-electron chi connectivity index (χ2n) is 4.71. The Morgan fingerprint density at radius 2 is 2.24 bits per heavy atom. The van der Waals surface area contributed by atoms with Crippen molar-refractivity contribution in [3.63, 3.8) is 0 Å². The summed E-state index contributed by atoms with van der Waals surface area (Å²) in [4.78, 5) is 14.5. The zero-order chi connectivity index (χ0) is 15.4. The van der Waals surface area contributed by atoms with Gasteiger partial charge < -0.3 is 14.4 Å². The second kappa shape index (κ2) is 6.31. The number of hydrogen-bond donors (Lipinski definition) is 1. The largest absolute Gasteiger partial charge is 0.478 e. The highest BCUT2D eigenvalue weighted by Crippen LogP contribution is 2.28. The lowest BCUT2D eigenvalue weighted by atomic mass is 10.2. The number of nitrogens with zero attached hydrogens (tertiary/aromatic N) is 3. The molecule has 112 valence electrons. The van der Waals surface area contributed by atoms with Crippen LogP contribution >= 0.6 is 0 Å². The average Bonchev–Trinajstić information content (AvgIpc) is 2.94. The minimum atomic E-state index is -0.565. The van der Waals surface area contributed by atoms with Crippen molar-refractivity contribution >= 4 is 5.69 Å². The van der Waals surface area contributed by atoms with Crippen LogP contribution in [-0.2, 0) is 13.2 Å². The lowest BCUT2D eigenvalue weighted by Crippen LogP contribution is -2.01. The Morgan fingerprint density at radius 3 is 2.81 bits per heavy atom. The van der Waals surface area contributed by atoms with Crippen molar-refractivity contribution in [2.75, 3.05) is 0 Å². The number of benzene rings is 1. The summed E-state index contributed by atoms with van der Waals surface area (Å²) in [5.74, 6) is 0.996. The Balaban J connectivity index is 2.13. The normalized spacial score (nSPS) is 10.9. The van der Waals surface area contributed by atoms with Crippen LogP contribution in [0.3, 0.4) is 0 Å². The van der Waals surface area contributed by atoms with Gasteiger partial charge in [-0.05, 0) is 11.6 Å². The molecule has 0 aliphatic heterocycles. The first-order valence-corrected chi connectivity index (χ1v) is 6.34. The number of rotatable bonds is 6. The molecule has 1 N–H and O–H groups in total. The molecule has 21 heavy (non-hydrogen) atoms. The molecule has 0 aliphatic rings. The zero-order valence-corrected chi connectivity index (χ0v) is 11.6. The SMILES string of the molecule is CC(C)c1nc(COc2ccc(CO)cc2[N+](=O)[O-])no1. The maximum Gasteiger partial charge on any atom is 0.311 e. The first kappa shape index (κ1) is 14.9. The third-order valence-electron chi connectivity index (χ3n) is 2.74. The van der Waals surface area contributed by atoms with Gasteiger partial charge in [0.1, 0.15) is 0 Å². The van der Waals surface area contributed by atoms with Crippen molar-refractivity contribution in [2.45, 2.75) is 33.0 Å². The van der Waals surface area contributed by atoms with Crippen LogP contribution in [0.4, 0.5) is 5.69 Å². The van der Waals surface area contributed by atoms with Crippen LogP contribution in [0.5, 0.6) is 5.75 Å². The van der Waals surface area contributed by atoms with Crippen LogP contribution in [0.2, 0.25) is 0 Å². The lowest BCUT2D eigenvalue weighted by molar-refractivity contribution is -0.386. The molecular formula is C13H15N3O5. The summed E-state index contributed by atoms with van der Waals surface area (Å²) in [5.41, 5.74) is 0.227. The quantitative estimate of drug-likeness (QED) is 0.641. The average molecular weight is 293 g/mol. The maximum absolute atomic E-state index is 11.0. The highest BCUT2D eigenvalue weighted by molar-refractivity contribution is 5.48. The van der Waals surface area contributed by atoms with Crippen molar-refractivity contribution in [3.8, 4) is 5.75 Å². The molecule has 2 aromatic rings. The third-order valence-corrected chi connectivity index (χ3v) is 2.74. The molecule has 0 saturated heterocycles. The molecule has 1 aromatic carbocycles. The number of aromatic nitrogens is 2. The van der Waals surface area contributed by atoms with E-state index in [4.69, 9.17) is 14.4 Å². The van der Waals surface area contributed by atoms with Gasteiger partial charge in [0, 0.05) is 12.0 Å². The predicted molar refractivity (Wildman–Crippen MR) is 71.7 cm³/mol. The van der Waals surface area contributed by atoms with Gasteiger partial charge in [0.25, 0.3) is 0 Å². The van der Waals surface area contributed by atoms with Crippen molar-refractivity contribution in [1.82, 2.24) is 10.1 Å². The van der Waals surface area contributed by atoms with Crippen molar-refractivity contribution < 1.29 is 19.3 Å². The summed E-state index contributed by atoms with van der Waals surface area (Å²) >= 11 is 0. The topological polar surface area (TPSA) is 112 Å². The van der Waals surface area contributed by atoms with Gasteiger partial charge in [0.05, 0.1) is 11.5 Å². The van der Waals surface area contributed by atoms with Crippen LogP contribution in [0.1, 0.15) is 37.0 Å². The molecule has 1 aromatic heterocycles. The number of nitro benzene ring substituents is 1. The van der Waals surface area contributed by atoms with E-state index in [0.29, 0.717) is 17.3 Å². The molecular weight excluding hydrogens is 278 g/mol. The fourth-order valence-electron chi connectivity index (χ4n) is 1.63. The molecule has 0 atom stereocenters. The summed E-state index contributed by atoms with van der Waals surface area (Å²) < 4.78 is 10.4. The van der Waals surface area contributed by atoms with Crippen molar-refractivity contribution in [3.05, 3.63) is 45.6 Å². The Hall–Kier alpha value is -2.48. The minimum Gasteiger partial charge on any atom is -0.478 e. The smallest absolute Gasteiger partial charge is 0.311 e. The Bertz CT molecular complexity index is 638. The minimum absolute atomic E-state index is 0.0322. The van der Waals surface area contributed by atoms with E-state index < -0.39 is 4.92 Å². The van der Waals surface area contributed by atoms with E-state index in [-0.39, 0.29) is 30.6 Å². The third kappa shape index (κ3) is 3.54. The Kier molecular flexibility index (Phi) is 4.49. The molecule has 8 nitrogen and oxygen atoms in total. The van der Waals surface area contributed by atoms with E-state index >= 15 is 0 Å². The van der Waals surface area contributed by atoms with Crippen LogP contribution in [0.25, 0.3) is 0 Å². The second-order valence-corrected chi connectivity index (χ2v) is 4.71. The summed E-state index contributed by atoms with van der Waals surface area (Å²) in [6.45, 7) is 3.52. The van der Waals surface area contributed by atoms with E-state index in [1.165, 1.54) is 12.1 Å². The van der Waals surface area contributed by atoms with Crippen LogP contribution in [0.15, 0.2) is 22.7 Å². The number of aliphatic hydroxyl groups is 1. The number of nitro groups is 1. The fourth-order valence-corrected chi connectivity index (χ4v) is 1.63. The van der Waals surface area contributed by atoms with E-state index in [0.717, 1.165) is 0 Å². The van der Waals surface area contributed by atoms with Crippen LogP contribution in [-0.4, -0.2) is 20.2 Å². The standard InChI is InChI=1S/C13H15N3O5/c1-8(2)13-14-12(15-21-13)7-20-11-4-3-9(6-17)5-10(11)16(18)19/h3-5,8,17H,6-7H2,1-2H3. The van der Waals surface area contributed by atoms with E-state index in [9.17, 15) is 10.1 Å². The van der Waals surface area contributed by atoms with Gasteiger partial charge in [0.2, 0.25) is 11.7 Å². The van der Waals surface area contributed by atoms with Gasteiger partial charge in [-0.25, -0.2) is 0 Å². The molecule has 0 fully saturated rings. The lowest BCUT2D eigenvalue weighted by Gasteiger charge is -2.05. The molecule has 0 aliphatic carbocycles. The van der Waals surface area contributed by atoms with E-state index in [2.05, 4.69) is 10.1 Å². The molecule has 8 heteroatoms. The molecule has 0 bridgehead atoms. The molecule has 2 rings (SSSR count). The van der Waals surface area contributed by atoms with E-state index in [1.54, 1.807) is 6.07 Å². The Morgan fingerprint density at radius 1 is 1.48 bits per heavy atom. The summed E-state index contributed by atoms with van der Waals surface area (Å²) in [5, 5.41) is 23.7. The first-order chi connectivity index (χ1) is 10.0. The highest BCUT2D eigenvalue weighted by atomic mass is 16.6. The number of aliphatic hydroxyl groups excluding tert-OH is 1. The van der Waals surface area contributed by atoms with Gasteiger partial charge in [-0.2, -0.15) is 4.98 Å². The van der Waals surface area contributed by atoms with Gasteiger partial charge >= 0.3 is 5.69 Å². The summed E-state index contributed by atoms with van der Waals surface area (Å²) in [7, 11) is 0. The fraction of sp³-hybridized carbons (Fsp3) is 0.385. The monoisotopic (exact) mass is 293 g/mol. The maximum atomic E-state index is 11.0. The molecule has 0 saturated carbocycles. The zero-order valence-electron chi connectivity index (χ0n) is 11.6. The summed E-state index contributed by atoms with van der Waals surface area (Å²) in [6.07, 6.45) is 0. The van der Waals surface area contributed by atoms with Gasteiger partial charge in [-0.1, -0.05) is 25.1 Å². The van der Waals surface area contributed by atoms with Gasteiger partial charge in [0.15, 0.2) is 12.4 Å². The van der Waals surface area contributed by atoms with Crippen molar-refractivity contribution in [2.24, 2.45) is 0 Å². The van der Waals surface area contributed by atoms with E-state index in [1.807, 2.05) is 13.8 Å². The number of ether oxygens (including phenoxy) is 1.